The van der Waals surface area contributed by atoms with Gasteiger partial charge in [-0.3, -0.25) is 9.36 Å². The van der Waals surface area contributed by atoms with Crippen LogP contribution in [-0.4, -0.2) is 68.5 Å². The fourth-order valence-electron chi connectivity index (χ4n) is 9.47. The van der Waals surface area contributed by atoms with Crippen molar-refractivity contribution in [2.24, 2.45) is 0 Å². The molecular formula is C70H127N2O6P. The van der Waals surface area contributed by atoms with Gasteiger partial charge in [0.05, 0.1) is 39.9 Å². The van der Waals surface area contributed by atoms with Gasteiger partial charge < -0.3 is 28.8 Å². The predicted molar refractivity (Wildman–Crippen MR) is 343 cm³/mol. The van der Waals surface area contributed by atoms with Crippen molar-refractivity contribution in [3.8, 4) is 0 Å². The normalized spacial score (nSPS) is 14.4. The van der Waals surface area contributed by atoms with Crippen LogP contribution < -0.4 is 10.2 Å². The minimum atomic E-state index is -4.58. The average Bonchev–Trinajstić information content (AvgIpc) is 3.42. The van der Waals surface area contributed by atoms with E-state index in [4.69, 9.17) is 9.05 Å². The van der Waals surface area contributed by atoms with Crippen molar-refractivity contribution in [2.75, 3.05) is 40.9 Å². The van der Waals surface area contributed by atoms with Crippen molar-refractivity contribution in [2.45, 2.75) is 302 Å². The molecule has 0 spiro atoms. The van der Waals surface area contributed by atoms with E-state index >= 15 is 0 Å². The number of phosphoric acid groups is 1. The average molecular weight is 1120 g/mol. The van der Waals surface area contributed by atoms with Crippen molar-refractivity contribution in [1.82, 2.24) is 5.32 Å². The second kappa shape index (κ2) is 60.0. The Balaban J connectivity index is 4.11. The van der Waals surface area contributed by atoms with Crippen LogP contribution in [0.4, 0.5) is 0 Å². The summed E-state index contributed by atoms with van der Waals surface area (Å²) >= 11 is 0. The summed E-state index contributed by atoms with van der Waals surface area (Å²) in [6, 6.07) is -0.810. The largest absolute Gasteiger partial charge is 0.756 e. The molecule has 0 saturated heterocycles. The molecule has 0 rings (SSSR count). The lowest BCUT2D eigenvalue weighted by molar-refractivity contribution is -0.870. The maximum atomic E-state index is 13.0. The topological polar surface area (TPSA) is 108 Å². The van der Waals surface area contributed by atoms with Crippen LogP contribution in [0.1, 0.15) is 290 Å². The molecule has 0 aliphatic heterocycles. The predicted octanol–water partition coefficient (Wildman–Crippen LogP) is 20.3. The number of aliphatic hydroxyl groups excluding tert-OH is 1. The molecule has 0 bridgehead atoms. The van der Waals surface area contributed by atoms with E-state index in [1.54, 1.807) is 0 Å². The Hall–Kier alpha value is -2.58. The SMILES string of the molecule is CC/C=C\C/C=C\C/C=C\C/C=C\C/C=C\C/C=C\C/C=C\C/C=C\CCCCCCCCCCCCC(=O)NC(COP(=O)([O-])OCC[N+](C)(C)C)C(O)CCCCCCCCCCCCCCCCCCCCCCCC. The Bertz CT molecular complexity index is 1610. The number of nitrogens with one attached hydrogen (secondary N) is 1. The van der Waals surface area contributed by atoms with Crippen LogP contribution in [0.2, 0.25) is 0 Å². The molecule has 8 nitrogen and oxygen atoms in total. The number of likely N-dealkylation sites (N-methyl/N-ethyl adjacent to an activating group) is 1. The van der Waals surface area contributed by atoms with Crippen molar-refractivity contribution in [3.63, 3.8) is 0 Å². The number of hydrogen-bond donors (Lipinski definition) is 2. The highest BCUT2D eigenvalue weighted by molar-refractivity contribution is 7.45. The zero-order valence-electron chi connectivity index (χ0n) is 52.3. The number of amides is 1. The Labute approximate surface area is 489 Å². The molecule has 9 heteroatoms. The maximum absolute atomic E-state index is 13.0. The van der Waals surface area contributed by atoms with Gasteiger partial charge in [0.2, 0.25) is 5.91 Å². The highest BCUT2D eigenvalue weighted by Gasteiger charge is 2.24. The first kappa shape index (κ1) is 76.4. The maximum Gasteiger partial charge on any atom is 0.268 e. The molecule has 1 amide bonds. The number of allylic oxidation sites excluding steroid dienone is 16. The van der Waals surface area contributed by atoms with Gasteiger partial charge in [-0.1, -0.05) is 304 Å². The number of carbonyl (C=O) groups excluding carboxylic acids is 1. The van der Waals surface area contributed by atoms with E-state index < -0.39 is 20.0 Å². The lowest BCUT2D eigenvalue weighted by Gasteiger charge is -2.30. The highest BCUT2D eigenvalue weighted by atomic mass is 31.2. The number of unbranched alkanes of at least 4 members (excludes halogenated alkanes) is 31. The molecular weight excluding hydrogens is 996 g/mol. The summed E-state index contributed by atoms with van der Waals surface area (Å²) < 4.78 is 23.5. The summed E-state index contributed by atoms with van der Waals surface area (Å²) in [5, 5.41) is 14.1. The minimum absolute atomic E-state index is 0.00788. The summed E-state index contributed by atoms with van der Waals surface area (Å²) in [4.78, 5) is 25.6. The summed E-state index contributed by atoms with van der Waals surface area (Å²) in [6.45, 7) is 4.63. The van der Waals surface area contributed by atoms with Gasteiger partial charge in [-0.15, -0.1) is 0 Å². The quantitative estimate of drug-likeness (QED) is 0.0272. The van der Waals surface area contributed by atoms with E-state index in [0.717, 1.165) is 96.3 Å². The van der Waals surface area contributed by atoms with E-state index in [1.165, 1.54) is 167 Å². The molecule has 458 valence electrons. The number of rotatable bonds is 60. The van der Waals surface area contributed by atoms with Gasteiger partial charge in [-0.2, -0.15) is 0 Å². The first-order valence-corrected chi connectivity index (χ1v) is 34.5. The summed E-state index contributed by atoms with van der Waals surface area (Å²) in [5.41, 5.74) is 0. The van der Waals surface area contributed by atoms with Gasteiger partial charge in [-0.25, -0.2) is 0 Å². The smallest absolute Gasteiger partial charge is 0.268 e. The molecule has 0 saturated carbocycles. The molecule has 3 atom stereocenters. The summed E-state index contributed by atoms with van der Waals surface area (Å²) in [5.74, 6) is -0.170. The Morgan fingerprint density at radius 3 is 1.13 bits per heavy atom. The van der Waals surface area contributed by atoms with Crippen molar-refractivity contribution in [1.29, 1.82) is 0 Å². The van der Waals surface area contributed by atoms with E-state index in [1.807, 2.05) is 21.1 Å². The number of nitrogens with zero attached hydrogens (tertiary/aromatic N) is 1. The van der Waals surface area contributed by atoms with Crippen molar-refractivity contribution < 1.29 is 32.9 Å². The number of phosphoric ester groups is 1. The molecule has 0 aromatic rings. The van der Waals surface area contributed by atoms with Crippen LogP contribution in [0.3, 0.4) is 0 Å². The second-order valence-electron chi connectivity index (χ2n) is 23.4. The van der Waals surface area contributed by atoms with Gasteiger partial charge in [0, 0.05) is 6.42 Å². The van der Waals surface area contributed by atoms with E-state index in [0.29, 0.717) is 23.9 Å². The van der Waals surface area contributed by atoms with Gasteiger partial charge in [0.25, 0.3) is 7.82 Å². The van der Waals surface area contributed by atoms with E-state index in [2.05, 4.69) is 116 Å². The third-order valence-corrected chi connectivity index (χ3v) is 15.6. The van der Waals surface area contributed by atoms with Crippen LogP contribution in [0.5, 0.6) is 0 Å². The zero-order chi connectivity index (χ0) is 57.7. The molecule has 0 aliphatic carbocycles. The Morgan fingerprint density at radius 2 is 0.772 bits per heavy atom. The zero-order valence-corrected chi connectivity index (χ0v) is 53.2. The fourth-order valence-corrected chi connectivity index (χ4v) is 10.2. The Kier molecular flexibility index (Phi) is 58.1. The third-order valence-electron chi connectivity index (χ3n) is 14.6. The minimum Gasteiger partial charge on any atom is -0.756 e. The monoisotopic (exact) mass is 1120 g/mol. The molecule has 0 aliphatic rings. The highest BCUT2D eigenvalue weighted by Crippen LogP contribution is 2.38. The number of quaternary nitrogens is 1. The number of carbonyl (C=O) groups is 1. The van der Waals surface area contributed by atoms with E-state index in [-0.39, 0.29) is 19.1 Å². The van der Waals surface area contributed by atoms with E-state index in [9.17, 15) is 19.4 Å². The summed E-state index contributed by atoms with van der Waals surface area (Å²) in [6.07, 6.45) is 86.0. The fraction of sp³-hybridized carbons (Fsp3) is 0.757. The van der Waals surface area contributed by atoms with Gasteiger partial charge in [0.1, 0.15) is 13.2 Å². The Morgan fingerprint density at radius 1 is 0.456 bits per heavy atom. The molecule has 79 heavy (non-hydrogen) atoms. The van der Waals surface area contributed by atoms with Crippen LogP contribution in [-0.2, 0) is 18.4 Å². The van der Waals surface area contributed by atoms with Gasteiger partial charge in [-0.05, 0) is 77.0 Å². The number of hydrogen-bond acceptors (Lipinski definition) is 6. The van der Waals surface area contributed by atoms with Gasteiger partial charge in [0.15, 0.2) is 0 Å². The molecule has 3 unspecified atom stereocenters. The first-order valence-electron chi connectivity index (χ1n) is 33.1. The summed E-state index contributed by atoms with van der Waals surface area (Å²) in [7, 11) is 1.30. The first-order chi connectivity index (χ1) is 38.5. The molecule has 0 radical (unpaired) electrons. The van der Waals surface area contributed by atoms with Crippen LogP contribution in [0.25, 0.3) is 0 Å². The molecule has 0 aromatic heterocycles. The standard InChI is InChI=1S/C70H127N2O6P/c1-6-8-10-12-14-16-18-20-22-24-26-28-30-31-32-33-34-35-36-37-38-39-40-41-42-44-46-48-50-52-54-56-58-60-62-64-70(74)71-68(67-78-79(75,76)77-66-65-72(3,4)5)69(73)63-61-59-57-55-53-51-49-47-45-43-29-27-25-23-21-19-17-15-13-11-9-7-2/h8,10,14,16,20,22,26,28,31-32,34-35,37-38,40-41,68-69,73H,6-7,9,11-13,15,17-19,21,23-25,27,29-30,33,36,39,42-67H2,1-5H3,(H-,71,74,75,76)/b10-8-,16-14-,22-20-,28-26-,32-31-,35-34-,38-37-,41-40-. The molecule has 0 heterocycles. The lowest BCUT2D eigenvalue weighted by Crippen LogP contribution is -2.46. The molecule has 2 N–H and O–H groups in total. The molecule has 0 aromatic carbocycles. The molecule has 0 fully saturated rings. The van der Waals surface area contributed by atoms with Crippen molar-refractivity contribution >= 4 is 13.7 Å². The van der Waals surface area contributed by atoms with Crippen LogP contribution >= 0.6 is 7.82 Å². The number of aliphatic hydroxyl groups is 1. The van der Waals surface area contributed by atoms with Crippen molar-refractivity contribution in [3.05, 3.63) is 97.2 Å². The third kappa shape index (κ3) is 62.9. The van der Waals surface area contributed by atoms with Gasteiger partial charge >= 0.3 is 0 Å². The van der Waals surface area contributed by atoms with Crippen LogP contribution in [0.15, 0.2) is 97.2 Å². The van der Waals surface area contributed by atoms with Crippen LogP contribution in [0, 0.1) is 0 Å². The lowest BCUT2D eigenvalue weighted by atomic mass is 10.0. The second-order valence-corrected chi connectivity index (χ2v) is 24.9.